The average molecular weight is 258 g/mol. The van der Waals surface area contributed by atoms with Crippen LogP contribution >= 0.6 is 0 Å². The monoisotopic (exact) mass is 258 g/mol. The van der Waals surface area contributed by atoms with E-state index < -0.39 is 0 Å². The van der Waals surface area contributed by atoms with Crippen LogP contribution in [0.3, 0.4) is 0 Å². The van der Waals surface area contributed by atoms with Crippen molar-refractivity contribution in [3.8, 4) is 0 Å². The molecule has 5 heteroatoms. The zero-order valence-electron chi connectivity index (χ0n) is 11.4. The van der Waals surface area contributed by atoms with Crippen molar-refractivity contribution in [3.05, 3.63) is 42.5 Å². The number of rotatable bonds is 3. The molecule has 2 aromatic rings. The molecule has 2 rings (SSSR count). The molecule has 1 heterocycles. The van der Waals surface area contributed by atoms with Gasteiger partial charge in [-0.3, -0.25) is 4.79 Å². The van der Waals surface area contributed by atoms with Crippen LogP contribution in [0.2, 0.25) is 0 Å². The van der Waals surface area contributed by atoms with Gasteiger partial charge in [-0.15, -0.1) is 0 Å². The highest BCUT2D eigenvalue weighted by atomic mass is 16.2. The minimum absolute atomic E-state index is 0.114. The number of aromatic nitrogens is 3. The fraction of sp³-hybridized carbons (Fsp3) is 0.357. The minimum atomic E-state index is -0.117. The molecule has 0 radical (unpaired) electrons. The Kier molecular flexibility index (Phi) is 3.64. The van der Waals surface area contributed by atoms with Crippen LogP contribution < -0.4 is 5.32 Å². The van der Waals surface area contributed by atoms with Crippen molar-refractivity contribution in [2.45, 2.75) is 32.7 Å². The van der Waals surface area contributed by atoms with Gasteiger partial charge in [0, 0.05) is 5.69 Å². The van der Waals surface area contributed by atoms with Crippen LogP contribution in [0, 0.1) is 0 Å². The van der Waals surface area contributed by atoms with Crippen LogP contribution in [0.25, 0.3) is 0 Å². The van der Waals surface area contributed by atoms with Crippen molar-refractivity contribution in [2.24, 2.45) is 0 Å². The van der Waals surface area contributed by atoms with E-state index in [2.05, 4.69) is 36.2 Å². The Labute approximate surface area is 112 Å². The predicted molar refractivity (Wildman–Crippen MR) is 73.8 cm³/mol. The number of nitrogens with one attached hydrogen (secondary N) is 1. The Balaban J connectivity index is 1.98. The quantitative estimate of drug-likeness (QED) is 0.918. The Hall–Kier alpha value is -2.17. The van der Waals surface area contributed by atoms with Gasteiger partial charge in [-0.1, -0.05) is 32.9 Å². The number of carbonyl (C=O) groups is 1. The SMILES string of the molecule is CC(C)(C)c1ccc(NC(=O)Cn2cncn2)cc1. The fourth-order valence-electron chi connectivity index (χ4n) is 1.72. The van der Waals surface area contributed by atoms with Crippen LogP contribution in [-0.4, -0.2) is 20.7 Å². The summed E-state index contributed by atoms with van der Waals surface area (Å²) in [6.45, 7) is 6.64. The molecular weight excluding hydrogens is 240 g/mol. The number of nitrogens with zero attached hydrogens (tertiary/aromatic N) is 3. The van der Waals surface area contributed by atoms with Crippen LogP contribution in [0.15, 0.2) is 36.9 Å². The van der Waals surface area contributed by atoms with Crippen LogP contribution in [0.5, 0.6) is 0 Å². The maximum atomic E-state index is 11.8. The first-order valence-electron chi connectivity index (χ1n) is 6.18. The number of amides is 1. The fourth-order valence-corrected chi connectivity index (χ4v) is 1.72. The van der Waals surface area contributed by atoms with Gasteiger partial charge in [0.05, 0.1) is 0 Å². The Bertz CT molecular complexity index is 538. The Morgan fingerprint density at radius 1 is 1.26 bits per heavy atom. The number of benzene rings is 1. The van der Waals surface area contributed by atoms with Gasteiger partial charge in [-0.25, -0.2) is 9.67 Å². The molecule has 1 aromatic carbocycles. The summed E-state index contributed by atoms with van der Waals surface area (Å²) < 4.78 is 1.48. The second-order valence-electron chi connectivity index (χ2n) is 5.47. The van der Waals surface area contributed by atoms with Gasteiger partial charge in [-0.05, 0) is 23.1 Å². The van der Waals surface area contributed by atoms with E-state index in [0.717, 1.165) is 5.69 Å². The summed E-state index contributed by atoms with van der Waals surface area (Å²) in [5.74, 6) is -0.117. The van der Waals surface area contributed by atoms with Gasteiger partial charge in [0.15, 0.2) is 0 Å². The summed E-state index contributed by atoms with van der Waals surface area (Å²) in [7, 11) is 0. The van der Waals surface area contributed by atoms with E-state index >= 15 is 0 Å². The highest BCUT2D eigenvalue weighted by Crippen LogP contribution is 2.23. The van der Waals surface area contributed by atoms with E-state index in [-0.39, 0.29) is 17.9 Å². The first-order valence-corrected chi connectivity index (χ1v) is 6.18. The molecule has 0 bridgehead atoms. The summed E-state index contributed by atoms with van der Waals surface area (Å²) >= 11 is 0. The first kappa shape index (κ1) is 13.3. The normalized spacial score (nSPS) is 11.3. The zero-order valence-corrected chi connectivity index (χ0v) is 11.4. The summed E-state index contributed by atoms with van der Waals surface area (Å²) in [6.07, 6.45) is 2.92. The lowest BCUT2D eigenvalue weighted by molar-refractivity contribution is -0.116. The van der Waals surface area contributed by atoms with Crippen molar-refractivity contribution in [2.75, 3.05) is 5.32 Å². The molecule has 0 spiro atoms. The number of anilines is 1. The molecule has 0 saturated heterocycles. The van der Waals surface area contributed by atoms with Gasteiger partial charge < -0.3 is 5.32 Å². The third-order valence-corrected chi connectivity index (χ3v) is 2.81. The second kappa shape index (κ2) is 5.22. The van der Waals surface area contributed by atoms with Gasteiger partial charge in [0.2, 0.25) is 5.91 Å². The van der Waals surface area contributed by atoms with Crippen molar-refractivity contribution in [1.29, 1.82) is 0 Å². The minimum Gasteiger partial charge on any atom is -0.324 e. The lowest BCUT2D eigenvalue weighted by atomic mass is 9.87. The van der Waals surface area contributed by atoms with Crippen LogP contribution in [0.1, 0.15) is 26.3 Å². The summed E-state index contributed by atoms with van der Waals surface area (Å²) in [5.41, 5.74) is 2.14. The van der Waals surface area contributed by atoms with Gasteiger partial charge >= 0.3 is 0 Å². The highest BCUT2D eigenvalue weighted by Gasteiger charge is 2.13. The zero-order chi connectivity index (χ0) is 13.9. The topological polar surface area (TPSA) is 59.8 Å². The molecule has 0 aliphatic carbocycles. The Morgan fingerprint density at radius 2 is 1.95 bits per heavy atom. The summed E-state index contributed by atoms with van der Waals surface area (Å²) in [6, 6.07) is 7.90. The molecule has 0 saturated carbocycles. The largest absolute Gasteiger partial charge is 0.324 e. The average Bonchev–Trinajstić information content (AvgIpc) is 2.81. The molecule has 0 atom stereocenters. The maximum absolute atomic E-state index is 11.8. The van der Waals surface area contributed by atoms with Crippen LogP contribution in [-0.2, 0) is 16.8 Å². The summed E-state index contributed by atoms with van der Waals surface area (Å²) in [4.78, 5) is 15.6. The third kappa shape index (κ3) is 3.64. The highest BCUT2D eigenvalue weighted by molar-refractivity contribution is 5.90. The molecule has 0 aliphatic heterocycles. The van der Waals surface area contributed by atoms with Crippen molar-refractivity contribution in [3.63, 3.8) is 0 Å². The molecule has 1 aromatic heterocycles. The van der Waals surface area contributed by atoms with Gasteiger partial charge in [-0.2, -0.15) is 5.10 Å². The molecule has 1 N–H and O–H groups in total. The van der Waals surface area contributed by atoms with Gasteiger partial charge in [0.25, 0.3) is 0 Å². The van der Waals surface area contributed by atoms with Crippen molar-refractivity contribution < 1.29 is 4.79 Å². The van der Waals surface area contributed by atoms with Crippen LogP contribution in [0.4, 0.5) is 5.69 Å². The maximum Gasteiger partial charge on any atom is 0.246 e. The summed E-state index contributed by atoms with van der Waals surface area (Å²) in [5, 5.41) is 6.72. The lowest BCUT2D eigenvalue weighted by Crippen LogP contribution is -2.19. The van der Waals surface area contributed by atoms with E-state index in [1.54, 1.807) is 0 Å². The van der Waals surface area contributed by atoms with Crippen molar-refractivity contribution >= 4 is 11.6 Å². The predicted octanol–water partition coefficient (Wildman–Crippen LogP) is 2.21. The first-order chi connectivity index (χ1) is 8.95. The molecule has 0 fully saturated rings. The standard InChI is InChI=1S/C14H18N4O/c1-14(2,3)11-4-6-12(7-5-11)17-13(19)8-18-10-15-9-16-18/h4-7,9-10H,8H2,1-3H3,(H,17,19). The molecule has 5 nitrogen and oxygen atoms in total. The molecule has 0 aliphatic rings. The molecule has 1 amide bonds. The number of hydrogen-bond acceptors (Lipinski definition) is 3. The van der Waals surface area contributed by atoms with E-state index in [1.165, 1.54) is 22.9 Å². The van der Waals surface area contributed by atoms with Gasteiger partial charge in [0.1, 0.15) is 19.2 Å². The van der Waals surface area contributed by atoms with Crippen molar-refractivity contribution in [1.82, 2.24) is 14.8 Å². The molecular formula is C14H18N4O. The third-order valence-electron chi connectivity index (χ3n) is 2.81. The van der Waals surface area contributed by atoms with E-state index in [1.807, 2.05) is 24.3 Å². The van der Waals surface area contributed by atoms with E-state index in [4.69, 9.17) is 0 Å². The van der Waals surface area contributed by atoms with E-state index in [0.29, 0.717) is 0 Å². The molecule has 0 unspecified atom stereocenters. The lowest BCUT2D eigenvalue weighted by Gasteiger charge is -2.19. The molecule has 100 valence electrons. The number of carbonyl (C=O) groups excluding carboxylic acids is 1. The smallest absolute Gasteiger partial charge is 0.246 e. The molecule has 19 heavy (non-hydrogen) atoms. The second-order valence-corrected chi connectivity index (χ2v) is 5.47. The Morgan fingerprint density at radius 3 is 2.47 bits per heavy atom. The number of hydrogen-bond donors (Lipinski definition) is 1. The van der Waals surface area contributed by atoms with E-state index in [9.17, 15) is 4.79 Å².